The number of hydrogen-bond donors (Lipinski definition) is 1. The number of aromatic nitrogens is 2. The van der Waals surface area contributed by atoms with E-state index in [1.165, 1.54) is 12.1 Å². The van der Waals surface area contributed by atoms with E-state index in [1.807, 2.05) is 41.1 Å². The Morgan fingerprint density at radius 2 is 1.85 bits per heavy atom. The van der Waals surface area contributed by atoms with Crippen molar-refractivity contribution >= 4 is 11.5 Å². The SMILES string of the molecule is O=C1CCCc2c1ccc(OC(Cn1ccnc1)c1ccccc1)c2CNc1ccc(F)cc1. The number of ether oxygens (including phenoxy) is 1. The van der Waals surface area contributed by atoms with Crippen molar-refractivity contribution < 1.29 is 13.9 Å². The highest BCUT2D eigenvalue weighted by Gasteiger charge is 2.24. The van der Waals surface area contributed by atoms with Crippen molar-refractivity contribution in [2.45, 2.75) is 38.5 Å². The van der Waals surface area contributed by atoms with Crippen LogP contribution in [0, 0.1) is 5.82 Å². The second-order valence-corrected chi connectivity index (χ2v) is 8.48. The molecule has 3 aromatic carbocycles. The molecular formula is C28H26FN3O2. The maximum absolute atomic E-state index is 13.4. The van der Waals surface area contributed by atoms with Crippen LogP contribution in [0.4, 0.5) is 10.1 Å². The Morgan fingerprint density at radius 3 is 2.62 bits per heavy atom. The molecule has 1 unspecified atom stereocenters. The van der Waals surface area contributed by atoms with Crippen molar-refractivity contribution in [1.29, 1.82) is 0 Å². The molecule has 0 saturated heterocycles. The second-order valence-electron chi connectivity index (χ2n) is 8.48. The van der Waals surface area contributed by atoms with Crippen molar-refractivity contribution in [2.24, 2.45) is 0 Å². The number of carbonyl (C=O) groups excluding carboxylic acids is 1. The number of nitrogens with one attached hydrogen (secondary N) is 1. The summed E-state index contributed by atoms with van der Waals surface area (Å²) in [4.78, 5) is 16.8. The zero-order valence-electron chi connectivity index (χ0n) is 18.8. The summed E-state index contributed by atoms with van der Waals surface area (Å²) in [7, 11) is 0. The fourth-order valence-electron chi connectivity index (χ4n) is 4.46. The molecule has 0 fully saturated rings. The number of imidazole rings is 1. The van der Waals surface area contributed by atoms with E-state index in [1.54, 1.807) is 24.7 Å². The molecule has 0 bridgehead atoms. The number of anilines is 1. The Morgan fingerprint density at radius 1 is 1.03 bits per heavy atom. The summed E-state index contributed by atoms with van der Waals surface area (Å²) in [6, 6.07) is 20.2. The number of rotatable bonds is 8. The van der Waals surface area contributed by atoms with Gasteiger partial charge in [-0.3, -0.25) is 4.79 Å². The second kappa shape index (κ2) is 9.91. The zero-order valence-corrected chi connectivity index (χ0v) is 18.8. The average molecular weight is 456 g/mol. The number of carbonyl (C=O) groups is 1. The van der Waals surface area contributed by atoms with E-state index in [9.17, 15) is 9.18 Å². The molecule has 34 heavy (non-hydrogen) atoms. The van der Waals surface area contributed by atoms with Gasteiger partial charge in [0.25, 0.3) is 0 Å². The largest absolute Gasteiger partial charge is 0.483 e. The van der Waals surface area contributed by atoms with Crippen LogP contribution in [0.25, 0.3) is 0 Å². The molecule has 172 valence electrons. The summed E-state index contributed by atoms with van der Waals surface area (Å²) in [6.07, 6.45) is 7.45. The third-order valence-electron chi connectivity index (χ3n) is 6.21. The van der Waals surface area contributed by atoms with Gasteiger partial charge in [-0.25, -0.2) is 9.37 Å². The van der Waals surface area contributed by atoms with Gasteiger partial charge in [0, 0.05) is 42.2 Å². The van der Waals surface area contributed by atoms with E-state index >= 15 is 0 Å². The van der Waals surface area contributed by atoms with Crippen LogP contribution in [0.3, 0.4) is 0 Å². The number of fused-ring (bicyclic) bond motifs is 1. The number of halogens is 1. The van der Waals surface area contributed by atoms with Crippen LogP contribution in [-0.4, -0.2) is 15.3 Å². The van der Waals surface area contributed by atoms with Crippen LogP contribution in [0.5, 0.6) is 5.75 Å². The molecule has 1 heterocycles. The molecule has 1 atom stereocenters. The normalized spacial score (nSPS) is 13.9. The standard InChI is InChI=1S/C28H26FN3O2/c29-21-9-11-22(12-10-21)31-17-25-23-7-4-8-26(33)24(23)13-14-27(25)34-28(18-32-16-15-30-19-32)20-5-2-1-3-6-20/h1-3,5-6,9-16,19,28,31H,4,7-8,17-18H2. The molecule has 6 heteroatoms. The first kappa shape index (κ1) is 21.9. The predicted molar refractivity (Wildman–Crippen MR) is 129 cm³/mol. The molecule has 5 nitrogen and oxygen atoms in total. The highest BCUT2D eigenvalue weighted by Crippen LogP contribution is 2.35. The smallest absolute Gasteiger partial charge is 0.163 e. The predicted octanol–water partition coefficient (Wildman–Crippen LogP) is 5.97. The summed E-state index contributed by atoms with van der Waals surface area (Å²) < 4.78 is 22.0. The Labute approximate surface area is 198 Å². The lowest BCUT2D eigenvalue weighted by molar-refractivity contribution is 0.0972. The highest BCUT2D eigenvalue weighted by molar-refractivity contribution is 5.99. The van der Waals surface area contributed by atoms with E-state index in [0.717, 1.165) is 46.5 Å². The summed E-state index contributed by atoms with van der Waals surface area (Å²) in [5.41, 5.74) is 4.66. The van der Waals surface area contributed by atoms with Gasteiger partial charge in [0.05, 0.1) is 12.9 Å². The minimum absolute atomic E-state index is 0.175. The van der Waals surface area contributed by atoms with Gasteiger partial charge < -0.3 is 14.6 Å². The molecule has 1 aromatic heterocycles. The van der Waals surface area contributed by atoms with Crippen molar-refractivity contribution in [3.63, 3.8) is 0 Å². The zero-order chi connectivity index (χ0) is 23.3. The molecule has 0 amide bonds. The monoisotopic (exact) mass is 455 g/mol. The molecule has 1 N–H and O–H groups in total. The maximum atomic E-state index is 13.4. The fourth-order valence-corrected chi connectivity index (χ4v) is 4.46. The first-order chi connectivity index (χ1) is 16.7. The lowest BCUT2D eigenvalue weighted by atomic mass is 9.86. The summed E-state index contributed by atoms with van der Waals surface area (Å²) in [5, 5.41) is 3.38. The Balaban J connectivity index is 1.49. The minimum Gasteiger partial charge on any atom is -0.483 e. The lowest BCUT2D eigenvalue weighted by Gasteiger charge is -2.26. The van der Waals surface area contributed by atoms with E-state index in [4.69, 9.17) is 4.74 Å². The average Bonchev–Trinajstić information content (AvgIpc) is 3.38. The van der Waals surface area contributed by atoms with E-state index in [0.29, 0.717) is 19.5 Å². The molecule has 0 spiro atoms. The van der Waals surface area contributed by atoms with Crippen LogP contribution in [0.15, 0.2) is 85.5 Å². The van der Waals surface area contributed by atoms with E-state index in [2.05, 4.69) is 22.4 Å². The number of hydrogen-bond acceptors (Lipinski definition) is 4. The van der Waals surface area contributed by atoms with Crippen LogP contribution in [0.1, 0.15) is 46.0 Å². The number of Topliss-reactive ketones (excluding diaryl/α,β-unsaturated/α-hetero) is 1. The number of benzene rings is 3. The molecule has 5 rings (SSSR count). The van der Waals surface area contributed by atoms with Crippen LogP contribution in [-0.2, 0) is 19.5 Å². The van der Waals surface area contributed by atoms with Gasteiger partial charge in [0.2, 0.25) is 0 Å². The maximum Gasteiger partial charge on any atom is 0.163 e. The third kappa shape index (κ3) is 4.86. The first-order valence-corrected chi connectivity index (χ1v) is 11.5. The third-order valence-corrected chi connectivity index (χ3v) is 6.21. The molecule has 0 saturated carbocycles. The van der Waals surface area contributed by atoms with Crippen LogP contribution < -0.4 is 10.1 Å². The Kier molecular flexibility index (Phi) is 6.38. The van der Waals surface area contributed by atoms with Crippen molar-refractivity contribution in [1.82, 2.24) is 9.55 Å². The molecule has 0 radical (unpaired) electrons. The van der Waals surface area contributed by atoms with Gasteiger partial charge in [-0.1, -0.05) is 30.3 Å². The molecule has 1 aliphatic carbocycles. The first-order valence-electron chi connectivity index (χ1n) is 11.5. The Hall–Kier alpha value is -3.93. The number of ketones is 1. The molecule has 1 aliphatic rings. The van der Waals surface area contributed by atoms with Crippen molar-refractivity contribution in [2.75, 3.05) is 5.32 Å². The molecule has 4 aromatic rings. The molecule has 0 aliphatic heterocycles. The highest BCUT2D eigenvalue weighted by atomic mass is 19.1. The van der Waals surface area contributed by atoms with Gasteiger partial charge >= 0.3 is 0 Å². The van der Waals surface area contributed by atoms with Gasteiger partial charge in [-0.15, -0.1) is 0 Å². The van der Waals surface area contributed by atoms with Crippen LogP contribution in [0.2, 0.25) is 0 Å². The topological polar surface area (TPSA) is 56.2 Å². The van der Waals surface area contributed by atoms with Gasteiger partial charge in [-0.05, 0) is 60.4 Å². The summed E-state index contributed by atoms with van der Waals surface area (Å²) in [5.74, 6) is 0.647. The molecular weight excluding hydrogens is 429 g/mol. The summed E-state index contributed by atoms with van der Waals surface area (Å²) >= 11 is 0. The Bertz CT molecular complexity index is 1260. The van der Waals surface area contributed by atoms with Gasteiger partial charge in [-0.2, -0.15) is 0 Å². The fraction of sp³-hybridized carbons (Fsp3) is 0.214. The van der Waals surface area contributed by atoms with Gasteiger partial charge in [0.1, 0.15) is 17.7 Å². The van der Waals surface area contributed by atoms with E-state index in [-0.39, 0.29) is 17.7 Å². The van der Waals surface area contributed by atoms with Crippen molar-refractivity contribution in [3.8, 4) is 5.75 Å². The lowest BCUT2D eigenvalue weighted by Crippen LogP contribution is -2.19. The van der Waals surface area contributed by atoms with E-state index < -0.39 is 0 Å². The number of nitrogens with zero attached hydrogens (tertiary/aromatic N) is 2. The minimum atomic E-state index is -0.275. The van der Waals surface area contributed by atoms with Gasteiger partial charge in [0.15, 0.2) is 5.78 Å². The van der Waals surface area contributed by atoms with Crippen LogP contribution >= 0.6 is 0 Å². The summed E-state index contributed by atoms with van der Waals surface area (Å²) in [6.45, 7) is 1.08. The quantitative estimate of drug-likeness (QED) is 0.355. The van der Waals surface area contributed by atoms with Crippen molar-refractivity contribution in [3.05, 3.63) is 114 Å².